The van der Waals surface area contributed by atoms with Gasteiger partial charge in [0.05, 0.1) is 12.3 Å². The molecule has 0 fully saturated rings. The predicted molar refractivity (Wildman–Crippen MR) is 81.0 cm³/mol. The molecular weight excluding hydrogens is 254 g/mol. The van der Waals surface area contributed by atoms with Crippen LogP contribution < -0.4 is 4.90 Å². The quantitative estimate of drug-likeness (QED) is 0.856. The summed E-state index contributed by atoms with van der Waals surface area (Å²) in [4.78, 5) is 13.7. The number of carbonyl (C=O) groups is 1. The highest BCUT2D eigenvalue weighted by molar-refractivity contribution is 5.90. The second-order valence-electron chi connectivity index (χ2n) is 5.45. The van der Waals surface area contributed by atoms with Crippen LogP contribution in [-0.2, 0) is 17.8 Å². The number of amides is 1. The first-order chi connectivity index (χ1) is 9.42. The maximum Gasteiger partial charge on any atom is 0.414 e. The van der Waals surface area contributed by atoms with Crippen molar-refractivity contribution >= 4 is 11.8 Å². The number of anilines is 1. The van der Waals surface area contributed by atoms with E-state index in [0.717, 1.165) is 23.2 Å². The molecule has 1 aliphatic heterocycles. The average molecular weight is 279 g/mol. The second-order valence-corrected chi connectivity index (χ2v) is 5.45. The highest BCUT2D eigenvalue weighted by atomic mass is 16.6. The van der Waals surface area contributed by atoms with E-state index in [9.17, 15) is 9.90 Å². The molecule has 1 heterocycles. The molecule has 0 saturated carbocycles. The lowest BCUT2D eigenvalue weighted by Gasteiger charge is -2.24. The number of fused-ring (bicyclic) bond motifs is 1. The van der Waals surface area contributed by atoms with E-state index in [4.69, 9.17) is 4.74 Å². The molecule has 0 aliphatic carbocycles. The van der Waals surface area contributed by atoms with Crippen molar-refractivity contribution in [2.45, 2.75) is 53.2 Å². The van der Waals surface area contributed by atoms with Gasteiger partial charge in [-0.15, -0.1) is 0 Å². The molecule has 1 N–H and O–H groups in total. The number of hydrogen-bond donors (Lipinski definition) is 1. The lowest BCUT2D eigenvalue weighted by Crippen LogP contribution is -2.35. The summed E-state index contributed by atoms with van der Waals surface area (Å²) in [5.74, 6) is 0. The summed E-state index contributed by atoms with van der Waals surface area (Å²) in [5.41, 5.74) is 2.30. The molecule has 1 aliphatic rings. The van der Waals surface area contributed by atoms with Gasteiger partial charge < -0.3 is 9.84 Å². The Kier molecular flexibility index (Phi) is 5.57. The van der Waals surface area contributed by atoms with Crippen LogP contribution in [-0.4, -0.2) is 23.3 Å². The molecule has 0 radical (unpaired) electrons. The Labute approximate surface area is 121 Å². The maximum absolute atomic E-state index is 12.1. The SMILES string of the molecule is CC.CC(C)(C)OC(=O)N1CCc2c(CO)cccc21. The van der Waals surface area contributed by atoms with Crippen LogP contribution in [0.2, 0.25) is 0 Å². The fourth-order valence-corrected chi connectivity index (χ4v) is 2.16. The largest absolute Gasteiger partial charge is 0.443 e. The Morgan fingerprint density at radius 3 is 2.55 bits per heavy atom. The molecule has 112 valence electrons. The molecule has 4 heteroatoms. The van der Waals surface area contributed by atoms with Gasteiger partial charge in [0.25, 0.3) is 0 Å². The van der Waals surface area contributed by atoms with E-state index in [-0.39, 0.29) is 12.7 Å². The third kappa shape index (κ3) is 3.73. The lowest BCUT2D eigenvalue weighted by molar-refractivity contribution is 0.0584. The number of carbonyl (C=O) groups excluding carboxylic acids is 1. The van der Waals surface area contributed by atoms with Crippen LogP contribution in [0.5, 0.6) is 0 Å². The highest BCUT2D eigenvalue weighted by Crippen LogP contribution is 2.31. The molecule has 0 aromatic heterocycles. The number of aliphatic hydroxyl groups excluding tert-OH is 1. The van der Waals surface area contributed by atoms with E-state index in [1.165, 1.54) is 0 Å². The van der Waals surface area contributed by atoms with E-state index in [1.54, 1.807) is 4.90 Å². The van der Waals surface area contributed by atoms with E-state index >= 15 is 0 Å². The molecule has 2 rings (SSSR count). The van der Waals surface area contributed by atoms with Gasteiger partial charge in [0.15, 0.2) is 0 Å². The van der Waals surface area contributed by atoms with Crippen molar-refractivity contribution in [2.24, 2.45) is 0 Å². The minimum Gasteiger partial charge on any atom is -0.443 e. The minimum atomic E-state index is -0.492. The van der Waals surface area contributed by atoms with Gasteiger partial charge in [0, 0.05) is 6.54 Å². The molecule has 0 saturated heterocycles. The number of ether oxygens (including phenoxy) is 1. The third-order valence-electron chi connectivity index (χ3n) is 2.91. The van der Waals surface area contributed by atoms with Crippen molar-refractivity contribution in [3.8, 4) is 0 Å². The fourth-order valence-electron chi connectivity index (χ4n) is 2.16. The maximum atomic E-state index is 12.1. The van der Waals surface area contributed by atoms with E-state index < -0.39 is 5.60 Å². The molecule has 0 atom stereocenters. The molecular formula is C16H25NO3. The normalized spacial score (nSPS) is 13.4. The van der Waals surface area contributed by atoms with Crippen molar-refractivity contribution in [3.05, 3.63) is 29.3 Å². The molecule has 1 aromatic rings. The van der Waals surface area contributed by atoms with Gasteiger partial charge in [-0.1, -0.05) is 26.0 Å². The Morgan fingerprint density at radius 2 is 2.00 bits per heavy atom. The minimum absolute atomic E-state index is 0.00529. The predicted octanol–water partition coefficient (Wildman–Crippen LogP) is 3.50. The summed E-state index contributed by atoms with van der Waals surface area (Å²) in [5, 5.41) is 9.28. The van der Waals surface area contributed by atoms with Crippen molar-refractivity contribution in [1.82, 2.24) is 0 Å². The number of hydrogen-bond acceptors (Lipinski definition) is 3. The van der Waals surface area contributed by atoms with Crippen molar-refractivity contribution in [2.75, 3.05) is 11.4 Å². The molecule has 0 bridgehead atoms. The van der Waals surface area contributed by atoms with Gasteiger partial charge in [0.1, 0.15) is 5.60 Å². The van der Waals surface area contributed by atoms with Gasteiger partial charge in [-0.2, -0.15) is 0 Å². The first kappa shape index (κ1) is 16.5. The zero-order valence-electron chi connectivity index (χ0n) is 13.1. The molecule has 1 aromatic carbocycles. The third-order valence-corrected chi connectivity index (χ3v) is 2.91. The molecule has 4 nitrogen and oxygen atoms in total. The summed E-state index contributed by atoms with van der Waals surface area (Å²) in [6.45, 7) is 10.2. The number of rotatable bonds is 1. The Morgan fingerprint density at radius 1 is 1.35 bits per heavy atom. The standard InChI is InChI=1S/C14H19NO3.C2H6/c1-14(2,3)18-13(17)15-8-7-11-10(9-16)5-4-6-12(11)15;1-2/h4-6,16H,7-9H2,1-3H3;1-2H3. The van der Waals surface area contributed by atoms with Crippen LogP contribution in [0.25, 0.3) is 0 Å². The summed E-state index contributed by atoms with van der Waals surface area (Å²) in [7, 11) is 0. The van der Waals surface area contributed by atoms with Crippen molar-refractivity contribution in [1.29, 1.82) is 0 Å². The first-order valence-electron chi connectivity index (χ1n) is 7.14. The molecule has 0 unspecified atom stereocenters. The van der Waals surface area contributed by atoms with Crippen LogP contribution in [0, 0.1) is 0 Å². The Bertz CT molecular complexity index is 463. The summed E-state index contributed by atoms with van der Waals surface area (Å²) in [6.07, 6.45) is 0.446. The number of benzene rings is 1. The van der Waals surface area contributed by atoms with Crippen molar-refractivity contribution < 1.29 is 14.6 Å². The summed E-state index contributed by atoms with van der Waals surface area (Å²) >= 11 is 0. The molecule has 1 amide bonds. The van der Waals surface area contributed by atoms with Crippen LogP contribution in [0.15, 0.2) is 18.2 Å². The lowest BCUT2D eigenvalue weighted by atomic mass is 10.1. The van der Waals surface area contributed by atoms with E-state index in [2.05, 4.69) is 0 Å². The first-order valence-corrected chi connectivity index (χ1v) is 7.14. The molecule has 0 spiro atoms. The van der Waals surface area contributed by atoms with E-state index in [1.807, 2.05) is 52.8 Å². The van der Waals surface area contributed by atoms with Crippen molar-refractivity contribution in [3.63, 3.8) is 0 Å². The summed E-state index contributed by atoms with van der Waals surface area (Å²) in [6, 6.07) is 5.63. The number of aliphatic hydroxyl groups is 1. The average Bonchev–Trinajstić information content (AvgIpc) is 2.82. The van der Waals surface area contributed by atoms with Gasteiger partial charge in [0.2, 0.25) is 0 Å². The van der Waals surface area contributed by atoms with Gasteiger partial charge in [-0.3, -0.25) is 4.90 Å². The van der Waals surface area contributed by atoms with E-state index in [0.29, 0.717) is 6.54 Å². The summed E-state index contributed by atoms with van der Waals surface area (Å²) < 4.78 is 5.38. The molecule has 20 heavy (non-hydrogen) atoms. The number of nitrogens with zero attached hydrogens (tertiary/aromatic N) is 1. The van der Waals surface area contributed by atoms with Crippen LogP contribution >= 0.6 is 0 Å². The van der Waals surface area contributed by atoms with Gasteiger partial charge in [-0.05, 0) is 44.4 Å². The van der Waals surface area contributed by atoms with Crippen LogP contribution in [0.1, 0.15) is 45.7 Å². The topological polar surface area (TPSA) is 49.8 Å². The zero-order valence-corrected chi connectivity index (χ0v) is 13.1. The second kappa shape index (κ2) is 6.75. The zero-order chi connectivity index (χ0) is 15.3. The van der Waals surface area contributed by atoms with Gasteiger partial charge in [-0.25, -0.2) is 4.79 Å². The van der Waals surface area contributed by atoms with Crippen LogP contribution in [0.4, 0.5) is 10.5 Å². The monoisotopic (exact) mass is 279 g/mol. The Balaban J connectivity index is 0.000000956. The highest BCUT2D eigenvalue weighted by Gasteiger charge is 2.29. The smallest absolute Gasteiger partial charge is 0.414 e. The van der Waals surface area contributed by atoms with Gasteiger partial charge >= 0.3 is 6.09 Å². The van der Waals surface area contributed by atoms with Crippen LogP contribution in [0.3, 0.4) is 0 Å². The Hall–Kier alpha value is -1.55. The fraction of sp³-hybridized carbons (Fsp3) is 0.562.